The van der Waals surface area contributed by atoms with Crippen molar-refractivity contribution in [1.82, 2.24) is 9.29 Å². The fourth-order valence-corrected chi connectivity index (χ4v) is 11.0. The largest absolute Gasteiger partial charge is 0.490 e. The van der Waals surface area contributed by atoms with E-state index >= 15 is 0 Å². The molecule has 0 saturated heterocycles. The van der Waals surface area contributed by atoms with E-state index in [1.165, 1.54) is 11.1 Å². The van der Waals surface area contributed by atoms with Crippen LogP contribution in [-0.4, -0.2) is 80.1 Å². The summed E-state index contributed by atoms with van der Waals surface area (Å²) in [5, 5.41) is 0.736. The Bertz CT molecular complexity index is 2060. The number of allylic oxidation sites excluding steroid dienone is 1. The quantitative estimate of drug-likeness (QED) is 0.243. The molecule has 1 N–H and O–H groups in total. The fraction of sp³-hybridized carbons (Fsp3) is 0.524. The number of anilines is 1. The van der Waals surface area contributed by atoms with Gasteiger partial charge in [0.05, 0.1) is 42.9 Å². The first kappa shape index (κ1) is 39.6. The Morgan fingerprint density at radius 1 is 1.13 bits per heavy atom. The Morgan fingerprint density at radius 3 is 2.75 bits per heavy atom. The van der Waals surface area contributed by atoms with E-state index in [0.717, 1.165) is 55.1 Å². The Labute approximate surface area is 330 Å². The predicted molar refractivity (Wildman–Crippen MR) is 214 cm³/mol. The number of hydrogen-bond donors (Lipinski definition) is 1. The molecule has 1 spiro atoms. The first-order valence-corrected chi connectivity index (χ1v) is 21.4. The van der Waals surface area contributed by atoms with Crippen LogP contribution in [0.1, 0.15) is 76.6 Å². The third-order valence-electron chi connectivity index (χ3n) is 11.8. The predicted octanol–water partition coefficient (Wildman–Crippen LogP) is 7.00. The van der Waals surface area contributed by atoms with Gasteiger partial charge in [0.25, 0.3) is 11.8 Å². The molecule has 7 rings (SSSR count). The maximum Gasteiger partial charge on any atom is 0.286 e. The van der Waals surface area contributed by atoms with Gasteiger partial charge in [0.2, 0.25) is 0 Å². The second-order valence-electron chi connectivity index (χ2n) is 15.7. The molecule has 1 saturated carbocycles. The number of hydrogen-bond acceptors (Lipinski definition) is 8. The van der Waals surface area contributed by atoms with Gasteiger partial charge >= 0.3 is 0 Å². The van der Waals surface area contributed by atoms with Gasteiger partial charge in [-0.1, -0.05) is 36.7 Å². The molecule has 1 aromatic heterocycles. The molecule has 2 aliphatic carbocycles. The molecule has 13 heteroatoms. The van der Waals surface area contributed by atoms with Crippen molar-refractivity contribution >= 4 is 39.0 Å². The average Bonchev–Trinajstić information content (AvgIpc) is 3.48. The van der Waals surface area contributed by atoms with Gasteiger partial charge in [0, 0.05) is 68.9 Å². The number of carbonyl (C=O) groups is 2. The van der Waals surface area contributed by atoms with Crippen LogP contribution < -0.4 is 14.4 Å². The van der Waals surface area contributed by atoms with Crippen molar-refractivity contribution in [1.29, 1.82) is 0 Å². The van der Waals surface area contributed by atoms with Gasteiger partial charge < -0.3 is 28.4 Å². The number of halogens is 1. The molecule has 0 radical (unpaired) electrons. The highest BCUT2D eigenvalue weighted by Crippen LogP contribution is 2.47. The van der Waals surface area contributed by atoms with Crippen LogP contribution in [0.5, 0.6) is 5.75 Å². The van der Waals surface area contributed by atoms with Gasteiger partial charge in [-0.2, -0.15) is 0 Å². The molecule has 1 unspecified atom stereocenters. The lowest BCUT2D eigenvalue weighted by Gasteiger charge is -2.46. The summed E-state index contributed by atoms with van der Waals surface area (Å²) in [4.78, 5) is 30.3. The van der Waals surface area contributed by atoms with Crippen molar-refractivity contribution in [2.45, 2.75) is 70.1 Å². The molecule has 2 aromatic carbocycles. The van der Waals surface area contributed by atoms with Crippen LogP contribution in [0.15, 0.2) is 65.2 Å². The molecule has 11 nitrogen and oxygen atoms in total. The van der Waals surface area contributed by atoms with E-state index in [9.17, 15) is 13.8 Å². The van der Waals surface area contributed by atoms with Crippen molar-refractivity contribution in [2.24, 2.45) is 22.1 Å². The Morgan fingerprint density at radius 2 is 1.98 bits per heavy atom. The second kappa shape index (κ2) is 16.8. The fourth-order valence-electron chi connectivity index (χ4n) is 8.92. The van der Waals surface area contributed by atoms with E-state index in [-0.39, 0.29) is 35.4 Å². The van der Waals surface area contributed by atoms with E-state index in [1.807, 2.05) is 29.7 Å². The van der Waals surface area contributed by atoms with Crippen LogP contribution in [0.2, 0.25) is 5.02 Å². The van der Waals surface area contributed by atoms with E-state index in [0.29, 0.717) is 55.9 Å². The number of nitrogens with zero attached hydrogens (tertiary/aromatic N) is 3. The normalized spacial score (nSPS) is 28.5. The molecular formula is C42H53ClN4O7S. The van der Waals surface area contributed by atoms with Gasteiger partial charge in [0.1, 0.15) is 15.7 Å². The smallest absolute Gasteiger partial charge is 0.286 e. The lowest BCUT2D eigenvalue weighted by molar-refractivity contribution is 0.0131. The summed E-state index contributed by atoms with van der Waals surface area (Å²) in [6.45, 7) is 5.16. The molecule has 2 bridgehead atoms. The standard InChI is InChI=1S/C42H53ClN4O7S/c1-28-7-5-9-38(53-4)35-13-10-31(35)22-47-26-42(16-6-8-29-19-33(43)12-14-36(29)42)27-54-39-15-11-30(21-37(39)47)40(48)44-55(50,25-28)45-41(49)32-20-34(24-52-3)46(23-32)17-18-51-2/h5,9,11-12,14-15,19-21,23,28,31,35,38H,6-8,10,13,16-18,22,24-27H2,1-4H3,(H,44,45,48,49,50)/b9-5+/t28-,31-,35+,38-,42-,55?/m0/s1. The third kappa shape index (κ3) is 8.54. The third-order valence-corrected chi connectivity index (χ3v) is 14.1. The van der Waals surface area contributed by atoms with Crippen molar-refractivity contribution in [3.05, 3.63) is 93.8 Å². The van der Waals surface area contributed by atoms with Crippen LogP contribution in [0.4, 0.5) is 5.69 Å². The summed E-state index contributed by atoms with van der Waals surface area (Å²) in [6, 6.07) is 13.3. The van der Waals surface area contributed by atoms with Crippen molar-refractivity contribution in [3.63, 3.8) is 0 Å². The summed E-state index contributed by atoms with van der Waals surface area (Å²) in [5.41, 5.74) is 4.42. The first-order valence-electron chi connectivity index (χ1n) is 19.3. The topological polar surface area (TPSA) is 121 Å². The van der Waals surface area contributed by atoms with Crippen LogP contribution >= 0.6 is 11.6 Å². The minimum Gasteiger partial charge on any atom is -0.490 e. The van der Waals surface area contributed by atoms with Gasteiger partial charge in [-0.05, 0) is 104 Å². The molecule has 3 aromatic rings. The zero-order valence-electron chi connectivity index (χ0n) is 32.3. The molecule has 6 atom stereocenters. The number of ether oxygens (including phenoxy) is 4. The summed E-state index contributed by atoms with van der Waals surface area (Å²) >= 11 is 6.47. The summed E-state index contributed by atoms with van der Waals surface area (Å²) in [5.74, 6) is -0.0150. The van der Waals surface area contributed by atoms with Gasteiger partial charge in [-0.25, -0.2) is 4.21 Å². The molecule has 1 fully saturated rings. The number of rotatable bonds is 8. The minimum absolute atomic E-state index is 0.0139. The highest BCUT2D eigenvalue weighted by Gasteiger charge is 2.44. The van der Waals surface area contributed by atoms with E-state index in [2.05, 4.69) is 38.3 Å². The monoisotopic (exact) mass is 792 g/mol. The van der Waals surface area contributed by atoms with Crippen molar-refractivity contribution in [3.8, 4) is 5.75 Å². The minimum atomic E-state index is -3.58. The SMILES string of the molecule is COCCn1cc(C(=O)NS2(=O)=NC(=O)c3ccc4c(c3)N(C[C@@H]3CC[C@H]3[C@@H](OC)/C=C/C[C@H](C)C2)C[C@@]2(CCCc3cc(Cl)ccc32)CO4)cc1COC. The molecule has 2 amide bonds. The van der Waals surface area contributed by atoms with E-state index in [4.69, 9.17) is 30.5 Å². The average molecular weight is 793 g/mol. The van der Waals surface area contributed by atoms with Crippen molar-refractivity contribution in [2.75, 3.05) is 58.3 Å². The first-order chi connectivity index (χ1) is 26.5. The Balaban J connectivity index is 1.27. The maximum absolute atomic E-state index is 14.8. The zero-order valence-corrected chi connectivity index (χ0v) is 33.8. The van der Waals surface area contributed by atoms with E-state index in [1.54, 1.807) is 39.7 Å². The summed E-state index contributed by atoms with van der Waals surface area (Å²) < 4.78 is 47.0. The van der Waals surface area contributed by atoms with Gasteiger partial charge in [-0.3, -0.25) is 14.3 Å². The highest BCUT2D eigenvalue weighted by atomic mass is 35.5. The second-order valence-corrected chi connectivity index (χ2v) is 18.2. The molecular weight excluding hydrogens is 740 g/mol. The Hall–Kier alpha value is -3.68. The lowest BCUT2D eigenvalue weighted by atomic mass is 9.68. The number of amides is 2. The molecule has 55 heavy (non-hydrogen) atoms. The van der Waals surface area contributed by atoms with Gasteiger partial charge in [-0.15, -0.1) is 4.36 Å². The number of aryl methyl sites for hydroxylation is 1. The number of methoxy groups -OCH3 is 3. The van der Waals surface area contributed by atoms with Crippen molar-refractivity contribution < 1.29 is 32.7 Å². The van der Waals surface area contributed by atoms with Crippen LogP contribution in [0, 0.1) is 17.8 Å². The van der Waals surface area contributed by atoms with Crippen LogP contribution in [0.3, 0.4) is 0 Å². The number of nitrogens with one attached hydrogen (secondary N) is 1. The lowest BCUT2D eigenvalue weighted by Crippen LogP contribution is -2.49. The molecule has 2 aliphatic heterocycles. The summed E-state index contributed by atoms with van der Waals surface area (Å²) in [7, 11) is 1.38. The van der Waals surface area contributed by atoms with Crippen LogP contribution in [0.25, 0.3) is 0 Å². The van der Waals surface area contributed by atoms with Gasteiger partial charge in [0.15, 0.2) is 0 Å². The number of carbonyl (C=O) groups excluding carboxylic acids is 2. The zero-order chi connectivity index (χ0) is 38.7. The van der Waals surface area contributed by atoms with Crippen LogP contribution in [-0.2, 0) is 49.1 Å². The molecule has 4 aliphatic rings. The van der Waals surface area contributed by atoms with E-state index < -0.39 is 21.7 Å². The molecule has 296 valence electrons. The number of aromatic nitrogens is 1. The Kier molecular flexibility index (Phi) is 12.1. The summed E-state index contributed by atoms with van der Waals surface area (Å²) in [6.07, 6.45) is 11.5. The molecule has 3 heterocycles. The maximum atomic E-state index is 14.8. The number of benzene rings is 2. The highest BCUT2D eigenvalue weighted by molar-refractivity contribution is 7.92. The number of fused-ring (bicyclic) bond motifs is 4.